The highest BCUT2D eigenvalue weighted by Crippen LogP contribution is 2.01. The molecule has 0 unspecified atom stereocenters. The number of hydrogen-bond acceptors (Lipinski definition) is 4. The van der Waals surface area contributed by atoms with Gasteiger partial charge in [-0.2, -0.15) is 11.8 Å². The predicted molar refractivity (Wildman–Crippen MR) is 71.9 cm³/mol. The number of hydrogen-bond donors (Lipinski definition) is 4. The Morgan fingerprint density at radius 2 is 1.94 bits per heavy atom. The summed E-state index contributed by atoms with van der Waals surface area (Å²) in [6, 6.07) is -1.84. The van der Waals surface area contributed by atoms with Crippen LogP contribution in [0.4, 0.5) is 4.79 Å². The molecule has 4 N–H and O–H groups in total. The standard InChI is InChI=1S/C11H22N2O4S/c1-8(14)9(10(15)16)13-11(17)12-6-4-3-5-7-18-2/h8-9,14H,3-7H2,1-2H3,(H,15,16)(H2,12,13,17)/t8-,9+/m1/s1. The van der Waals surface area contributed by atoms with Crippen LogP contribution in [0.1, 0.15) is 26.2 Å². The van der Waals surface area contributed by atoms with E-state index in [1.54, 1.807) is 11.8 Å². The molecular weight excluding hydrogens is 256 g/mol. The van der Waals surface area contributed by atoms with Crippen LogP contribution < -0.4 is 10.6 Å². The number of aliphatic hydroxyl groups is 1. The third-order valence-electron chi connectivity index (χ3n) is 2.35. The van der Waals surface area contributed by atoms with Crippen LogP contribution in [-0.2, 0) is 4.79 Å². The first-order chi connectivity index (χ1) is 8.49. The van der Waals surface area contributed by atoms with Crippen molar-refractivity contribution in [1.82, 2.24) is 10.6 Å². The number of carboxylic acids is 1. The van der Waals surface area contributed by atoms with Crippen molar-refractivity contribution in [2.24, 2.45) is 0 Å². The molecule has 6 nitrogen and oxygen atoms in total. The van der Waals surface area contributed by atoms with Gasteiger partial charge in [-0.3, -0.25) is 0 Å². The number of thioether (sulfide) groups is 1. The van der Waals surface area contributed by atoms with Crippen LogP contribution in [0.25, 0.3) is 0 Å². The van der Waals surface area contributed by atoms with Crippen molar-refractivity contribution in [3.63, 3.8) is 0 Å². The SMILES string of the molecule is CSCCCCCNC(=O)N[C@H](C(=O)O)[C@@H](C)O. The second-order valence-corrected chi connectivity index (χ2v) is 5.00. The molecule has 106 valence electrons. The molecule has 0 aliphatic rings. The van der Waals surface area contributed by atoms with E-state index in [0.717, 1.165) is 25.0 Å². The fraction of sp³-hybridized carbons (Fsp3) is 0.818. The molecule has 0 aromatic carbocycles. The Balaban J connectivity index is 3.72. The first-order valence-electron chi connectivity index (χ1n) is 5.93. The normalized spacial score (nSPS) is 13.7. The van der Waals surface area contributed by atoms with Gasteiger partial charge in [-0.25, -0.2) is 9.59 Å². The Morgan fingerprint density at radius 1 is 1.28 bits per heavy atom. The fourth-order valence-corrected chi connectivity index (χ4v) is 1.82. The highest BCUT2D eigenvalue weighted by molar-refractivity contribution is 7.98. The molecular formula is C11H22N2O4S. The number of amides is 2. The van der Waals surface area contributed by atoms with E-state index >= 15 is 0 Å². The van der Waals surface area contributed by atoms with Crippen LogP contribution >= 0.6 is 11.8 Å². The Bertz CT molecular complexity index is 261. The van der Waals surface area contributed by atoms with E-state index in [1.807, 2.05) is 6.26 Å². The van der Waals surface area contributed by atoms with Crippen LogP contribution in [0.5, 0.6) is 0 Å². The topological polar surface area (TPSA) is 98.7 Å². The Kier molecular flexibility index (Phi) is 9.49. The first kappa shape index (κ1) is 17.1. The van der Waals surface area contributed by atoms with E-state index in [9.17, 15) is 14.7 Å². The minimum Gasteiger partial charge on any atom is -0.480 e. The highest BCUT2D eigenvalue weighted by Gasteiger charge is 2.24. The summed E-state index contributed by atoms with van der Waals surface area (Å²) in [5, 5.41) is 22.7. The van der Waals surface area contributed by atoms with Gasteiger partial charge >= 0.3 is 12.0 Å². The summed E-state index contributed by atoms with van der Waals surface area (Å²) in [4.78, 5) is 22.1. The summed E-state index contributed by atoms with van der Waals surface area (Å²) < 4.78 is 0. The van der Waals surface area contributed by atoms with E-state index < -0.39 is 24.1 Å². The average molecular weight is 278 g/mol. The maximum atomic E-state index is 11.4. The quantitative estimate of drug-likeness (QED) is 0.464. The minimum absolute atomic E-state index is 0.506. The van der Waals surface area contributed by atoms with Crippen molar-refractivity contribution < 1.29 is 19.8 Å². The zero-order valence-corrected chi connectivity index (χ0v) is 11.6. The smallest absolute Gasteiger partial charge is 0.328 e. The predicted octanol–water partition coefficient (Wildman–Crippen LogP) is 0.653. The van der Waals surface area contributed by atoms with Crippen molar-refractivity contribution in [2.75, 3.05) is 18.6 Å². The lowest BCUT2D eigenvalue weighted by Crippen LogP contribution is -2.51. The second-order valence-electron chi connectivity index (χ2n) is 4.01. The van der Waals surface area contributed by atoms with Gasteiger partial charge in [-0.05, 0) is 31.8 Å². The maximum Gasteiger partial charge on any atom is 0.328 e. The number of carbonyl (C=O) groups excluding carboxylic acids is 1. The Hall–Kier alpha value is -0.950. The molecule has 18 heavy (non-hydrogen) atoms. The lowest BCUT2D eigenvalue weighted by molar-refractivity contribution is -0.141. The number of nitrogens with one attached hydrogen (secondary N) is 2. The van der Waals surface area contributed by atoms with Crippen molar-refractivity contribution in [3.8, 4) is 0 Å². The summed E-state index contributed by atoms with van der Waals surface area (Å²) in [5.74, 6) is -0.143. The molecule has 7 heteroatoms. The van der Waals surface area contributed by atoms with Crippen LogP contribution in [0, 0.1) is 0 Å². The van der Waals surface area contributed by atoms with Crippen molar-refractivity contribution in [2.45, 2.75) is 38.3 Å². The highest BCUT2D eigenvalue weighted by atomic mass is 32.2. The molecule has 0 aromatic heterocycles. The van der Waals surface area contributed by atoms with E-state index in [-0.39, 0.29) is 0 Å². The van der Waals surface area contributed by atoms with Gasteiger partial charge in [0.25, 0.3) is 0 Å². The molecule has 2 amide bonds. The van der Waals surface area contributed by atoms with Crippen molar-refractivity contribution >= 4 is 23.8 Å². The number of aliphatic hydroxyl groups excluding tert-OH is 1. The van der Waals surface area contributed by atoms with Crippen LogP contribution in [-0.4, -0.2) is 52.9 Å². The monoisotopic (exact) mass is 278 g/mol. The van der Waals surface area contributed by atoms with E-state index in [0.29, 0.717) is 6.54 Å². The summed E-state index contributed by atoms with van der Waals surface area (Å²) in [6.45, 7) is 1.83. The number of rotatable bonds is 9. The van der Waals surface area contributed by atoms with E-state index in [1.165, 1.54) is 6.92 Å². The van der Waals surface area contributed by atoms with Gasteiger partial charge in [0.1, 0.15) is 0 Å². The van der Waals surface area contributed by atoms with Gasteiger partial charge in [0.15, 0.2) is 6.04 Å². The van der Waals surface area contributed by atoms with Gasteiger partial charge in [-0.1, -0.05) is 6.42 Å². The molecule has 0 saturated heterocycles. The number of unbranched alkanes of at least 4 members (excludes halogenated alkanes) is 2. The number of urea groups is 1. The van der Waals surface area contributed by atoms with Crippen molar-refractivity contribution in [3.05, 3.63) is 0 Å². The Labute approximate surface area is 112 Å². The van der Waals surface area contributed by atoms with Crippen LogP contribution in [0.2, 0.25) is 0 Å². The third-order valence-corrected chi connectivity index (χ3v) is 3.04. The van der Waals surface area contributed by atoms with Gasteiger partial charge in [0.2, 0.25) is 0 Å². The van der Waals surface area contributed by atoms with Gasteiger partial charge in [-0.15, -0.1) is 0 Å². The largest absolute Gasteiger partial charge is 0.480 e. The zero-order chi connectivity index (χ0) is 14.0. The van der Waals surface area contributed by atoms with Crippen LogP contribution in [0.15, 0.2) is 0 Å². The molecule has 0 aliphatic heterocycles. The van der Waals surface area contributed by atoms with Gasteiger partial charge < -0.3 is 20.8 Å². The van der Waals surface area contributed by atoms with Crippen molar-refractivity contribution in [1.29, 1.82) is 0 Å². The number of carbonyl (C=O) groups is 2. The summed E-state index contributed by atoms with van der Waals surface area (Å²) in [7, 11) is 0. The van der Waals surface area contributed by atoms with Crippen LogP contribution in [0.3, 0.4) is 0 Å². The Morgan fingerprint density at radius 3 is 2.44 bits per heavy atom. The molecule has 2 atom stereocenters. The lowest BCUT2D eigenvalue weighted by atomic mass is 10.2. The fourth-order valence-electron chi connectivity index (χ4n) is 1.33. The second kappa shape index (κ2) is 10.0. The lowest BCUT2D eigenvalue weighted by Gasteiger charge is -2.17. The number of carboxylic acid groups (broad SMARTS) is 1. The molecule has 0 aromatic rings. The molecule has 0 spiro atoms. The van der Waals surface area contributed by atoms with E-state index in [2.05, 4.69) is 10.6 Å². The number of aliphatic carboxylic acids is 1. The minimum atomic E-state index is -1.28. The maximum absolute atomic E-state index is 11.4. The summed E-state index contributed by atoms with van der Waals surface area (Å²) >= 11 is 1.79. The molecule has 0 rings (SSSR count). The summed E-state index contributed by atoms with van der Waals surface area (Å²) in [5.41, 5.74) is 0. The molecule has 0 bridgehead atoms. The third kappa shape index (κ3) is 8.19. The first-order valence-corrected chi connectivity index (χ1v) is 7.32. The molecule has 0 heterocycles. The molecule has 0 radical (unpaired) electrons. The van der Waals surface area contributed by atoms with Gasteiger partial charge in [0, 0.05) is 6.54 Å². The summed E-state index contributed by atoms with van der Waals surface area (Å²) in [6.07, 6.45) is 3.92. The molecule has 0 aliphatic carbocycles. The zero-order valence-electron chi connectivity index (χ0n) is 10.8. The average Bonchev–Trinajstić information content (AvgIpc) is 2.29. The van der Waals surface area contributed by atoms with E-state index in [4.69, 9.17) is 5.11 Å². The molecule has 0 saturated carbocycles. The molecule has 0 fully saturated rings. The van der Waals surface area contributed by atoms with Gasteiger partial charge in [0.05, 0.1) is 6.10 Å².